The van der Waals surface area contributed by atoms with Crippen LogP contribution in [0.1, 0.15) is 83.1 Å². The summed E-state index contributed by atoms with van der Waals surface area (Å²) in [5.74, 6) is 0.547. The second kappa shape index (κ2) is 11.8. The van der Waals surface area contributed by atoms with Gasteiger partial charge in [-0.05, 0) is 24.3 Å². The van der Waals surface area contributed by atoms with Crippen LogP contribution < -0.4 is 0 Å². The van der Waals surface area contributed by atoms with Crippen LogP contribution in [0.2, 0.25) is 0 Å². The summed E-state index contributed by atoms with van der Waals surface area (Å²) in [6.45, 7) is 4.56. The molecule has 1 aromatic rings. The largest absolute Gasteiger partial charge is 0.0879 e. The first-order chi connectivity index (χ1) is 9.84. The van der Waals surface area contributed by atoms with Crippen LogP contribution >= 0.6 is 0 Å². The average molecular weight is 272 g/mol. The molecule has 0 saturated carbocycles. The minimum absolute atomic E-state index is 0.547. The summed E-state index contributed by atoms with van der Waals surface area (Å²) in [6.07, 6.45) is 17.2. The van der Waals surface area contributed by atoms with Crippen LogP contribution in [0.25, 0.3) is 0 Å². The van der Waals surface area contributed by atoms with Gasteiger partial charge < -0.3 is 0 Å². The van der Waals surface area contributed by atoms with Crippen molar-refractivity contribution in [2.45, 2.75) is 77.6 Å². The fourth-order valence-electron chi connectivity index (χ4n) is 2.56. The lowest BCUT2D eigenvalue weighted by Crippen LogP contribution is -1.87. The van der Waals surface area contributed by atoms with Crippen LogP contribution in [0.15, 0.2) is 42.5 Å². The molecule has 0 aliphatic heterocycles. The first-order valence-electron chi connectivity index (χ1n) is 8.56. The Morgan fingerprint density at radius 3 is 2.10 bits per heavy atom. The molecule has 0 aliphatic carbocycles. The normalized spacial score (nSPS) is 12.9. The van der Waals surface area contributed by atoms with Crippen molar-refractivity contribution in [1.29, 1.82) is 0 Å². The molecule has 0 saturated heterocycles. The Bertz CT molecular complexity index is 336. The Balaban J connectivity index is 1.99. The monoisotopic (exact) mass is 272 g/mol. The van der Waals surface area contributed by atoms with Crippen molar-refractivity contribution in [2.24, 2.45) is 0 Å². The summed E-state index contributed by atoms with van der Waals surface area (Å²) in [7, 11) is 0. The Morgan fingerprint density at radius 2 is 1.45 bits per heavy atom. The third-order valence-electron chi connectivity index (χ3n) is 3.97. The van der Waals surface area contributed by atoms with Gasteiger partial charge >= 0.3 is 0 Å². The van der Waals surface area contributed by atoms with Crippen molar-refractivity contribution in [3.05, 3.63) is 48.0 Å². The van der Waals surface area contributed by atoms with E-state index in [0.717, 1.165) is 0 Å². The maximum Gasteiger partial charge on any atom is -0.00104 e. The summed E-state index contributed by atoms with van der Waals surface area (Å²) >= 11 is 0. The van der Waals surface area contributed by atoms with Gasteiger partial charge in [-0.15, -0.1) is 0 Å². The van der Waals surface area contributed by atoms with Gasteiger partial charge in [-0.25, -0.2) is 0 Å². The standard InChI is InChI=1S/C20H32/c1-3-4-5-6-7-8-9-10-11-13-16-19(2)20-17-14-12-15-18-20/h12-19H,3-11H2,1-2H3. The van der Waals surface area contributed by atoms with Crippen LogP contribution in [-0.4, -0.2) is 0 Å². The molecule has 1 aromatic carbocycles. The van der Waals surface area contributed by atoms with E-state index in [4.69, 9.17) is 0 Å². The van der Waals surface area contributed by atoms with E-state index in [9.17, 15) is 0 Å². The Labute approximate surface area is 126 Å². The second-order valence-corrected chi connectivity index (χ2v) is 5.89. The smallest absolute Gasteiger partial charge is 0.00104 e. The number of unbranched alkanes of at least 4 members (excludes halogenated alkanes) is 8. The molecule has 0 N–H and O–H groups in total. The highest BCUT2D eigenvalue weighted by Gasteiger charge is 1.98. The molecule has 0 spiro atoms. The number of hydrogen-bond donors (Lipinski definition) is 0. The van der Waals surface area contributed by atoms with E-state index in [1.54, 1.807) is 0 Å². The zero-order valence-corrected chi connectivity index (χ0v) is 13.5. The second-order valence-electron chi connectivity index (χ2n) is 5.89. The van der Waals surface area contributed by atoms with Gasteiger partial charge in [0, 0.05) is 0 Å². The van der Waals surface area contributed by atoms with Crippen molar-refractivity contribution >= 4 is 0 Å². The van der Waals surface area contributed by atoms with Gasteiger partial charge in [0.2, 0.25) is 0 Å². The van der Waals surface area contributed by atoms with Crippen molar-refractivity contribution in [3.8, 4) is 0 Å². The molecule has 0 fully saturated rings. The molecular formula is C20H32. The number of allylic oxidation sites excluding steroid dienone is 2. The molecule has 0 heterocycles. The topological polar surface area (TPSA) is 0 Å². The molecule has 0 aliphatic rings. The molecule has 1 rings (SSSR count). The van der Waals surface area contributed by atoms with Gasteiger partial charge in [0.25, 0.3) is 0 Å². The lowest BCUT2D eigenvalue weighted by Gasteiger charge is -2.05. The fraction of sp³-hybridized carbons (Fsp3) is 0.600. The Morgan fingerprint density at radius 1 is 0.850 bits per heavy atom. The molecule has 0 radical (unpaired) electrons. The summed E-state index contributed by atoms with van der Waals surface area (Å²) in [5.41, 5.74) is 1.42. The van der Waals surface area contributed by atoms with Gasteiger partial charge in [-0.3, -0.25) is 0 Å². The highest BCUT2D eigenvalue weighted by molar-refractivity contribution is 5.22. The zero-order chi connectivity index (χ0) is 14.5. The van der Waals surface area contributed by atoms with Gasteiger partial charge in [0.15, 0.2) is 0 Å². The van der Waals surface area contributed by atoms with E-state index in [-0.39, 0.29) is 0 Å². The van der Waals surface area contributed by atoms with Crippen molar-refractivity contribution < 1.29 is 0 Å². The van der Waals surface area contributed by atoms with Gasteiger partial charge in [-0.1, -0.05) is 101 Å². The quantitative estimate of drug-likeness (QED) is 0.304. The third kappa shape index (κ3) is 8.19. The fourth-order valence-corrected chi connectivity index (χ4v) is 2.56. The predicted octanol–water partition coefficient (Wildman–Crippen LogP) is 6.88. The Hall–Kier alpha value is -1.04. The summed E-state index contributed by atoms with van der Waals surface area (Å²) in [4.78, 5) is 0. The van der Waals surface area contributed by atoms with Crippen molar-refractivity contribution in [3.63, 3.8) is 0 Å². The molecule has 0 bridgehead atoms. The van der Waals surface area contributed by atoms with E-state index >= 15 is 0 Å². The lowest BCUT2D eigenvalue weighted by molar-refractivity contribution is 0.577. The van der Waals surface area contributed by atoms with Crippen LogP contribution in [0.3, 0.4) is 0 Å². The number of benzene rings is 1. The summed E-state index contributed by atoms with van der Waals surface area (Å²) < 4.78 is 0. The van der Waals surface area contributed by atoms with Gasteiger partial charge in [0.05, 0.1) is 0 Å². The van der Waals surface area contributed by atoms with Crippen LogP contribution in [0.4, 0.5) is 0 Å². The third-order valence-corrected chi connectivity index (χ3v) is 3.97. The number of hydrogen-bond acceptors (Lipinski definition) is 0. The maximum atomic E-state index is 2.37. The van der Waals surface area contributed by atoms with E-state index in [2.05, 4.69) is 56.3 Å². The van der Waals surface area contributed by atoms with Crippen LogP contribution in [0.5, 0.6) is 0 Å². The zero-order valence-electron chi connectivity index (χ0n) is 13.5. The molecule has 0 aromatic heterocycles. The van der Waals surface area contributed by atoms with Crippen molar-refractivity contribution in [2.75, 3.05) is 0 Å². The highest BCUT2D eigenvalue weighted by Crippen LogP contribution is 2.16. The van der Waals surface area contributed by atoms with E-state index in [0.29, 0.717) is 5.92 Å². The SMILES string of the molecule is CCCCCCCCCCC=CC(C)c1ccccc1. The molecule has 20 heavy (non-hydrogen) atoms. The molecule has 0 heteroatoms. The minimum Gasteiger partial charge on any atom is -0.0879 e. The average Bonchev–Trinajstić information content (AvgIpc) is 2.50. The summed E-state index contributed by atoms with van der Waals surface area (Å²) in [5, 5.41) is 0. The van der Waals surface area contributed by atoms with Gasteiger partial charge in [0.1, 0.15) is 0 Å². The van der Waals surface area contributed by atoms with Crippen LogP contribution in [0, 0.1) is 0 Å². The van der Waals surface area contributed by atoms with Gasteiger partial charge in [-0.2, -0.15) is 0 Å². The molecule has 1 unspecified atom stereocenters. The molecule has 112 valence electrons. The molecular weight excluding hydrogens is 240 g/mol. The number of rotatable bonds is 11. The van der Waals surface area contributed by atoms with E-state index in [1.807, 2.05) is 0 Å². The van der Waals surface area contributed by atoms with Crippen molar-refractivity contribution in [1.82, 2.24) is 0 Å². The summed E-state index contributed by atoms with van der Waals surface area (Å²) in [6, 6.07) is 10.8. The lowest BCUT2D eigenvalue weighted by atomic mass is 10.00. The maximum absolute atomic E-state index is 2.37. The highest BCUT2D eigenvalue weighted by atomic mass is 14.0. The first kappa shape index (κ1) is 17.0. The first-order valence-corrected chi connectivity index (χ1v) is 8.56. The molecule has 0 nitrogen and oxygen atoms in total. The molecule has 1 atom stereocenters. The Kier molecular flexibility index (Phi) is 10.0. The molecule has 0 amide bonds. The predicted molar refractivity (Wildman–Crippen MR) is 91.2 cm³/mol. The van der Waals surface area contributed by atoms with E-state index in [1.165, 1.54) is 63.4 Å². The minimum atomic E-state index is 0.547. The van der Waals surface area contributed by atoms with Crippen LogP contribution in [-0.2, 0) is 0 Å². The van der Waals surface area contributed by atoms with E-state index < -0.39 is 0 Å².